The van der Waals surface area contributed by atoms with Gasteiger partial charge in [0, 0.05) is 35.9 Å². The van der Waals surface area contributed by atoms with Crippen molar-refractivity contribution in [3.05, 3.63) is 34.9 Å². The summed E-state index contributed by atoms with van der Waals surface area (Å²) in [5.41, 5.74) is 0.297. The highest BCUT2D eigenvalue weighted by Gasteiger charge is 2.81. The van der Waals surface area contributed by atoms with Gasteiger partial charge in [0.2, 0.25) is 0 Å². The van der Waals surface area contributed by atoms with Gasteiger partial charge in [-0.25, -0.2) is 4.79 Å². The normalized spacial score (nSPS) is 43.4. The zero-order chi connectivity index (χ0) is 25.2. The van der Waals surface area contributed by atoms with Crippen molar-refractivity contribution < 1.29 is 24.2 Å². The van der Waals surface area contributed by atoms with Crippen LogP contribution < -0.4 is 0 Å². The summed E-state index contributed by atoms with van der Waals surface area (Å²) < 4.78 is 12.6. The summed E-state index contributed by atoms with van der Waals surface area (Å²) in [5, 5.41) is 11.6. The Labute approximate surface area is 204 Å². The van der Waals surface area contributed by atoms with Crippen LogP contribution in [-0.2, 0) is 19.1 Å². The third kappa shape index (κ3) is 3.57. The van der Waals surface area contributed by atoms with E-state index < -0.39 is 5.60 Å². The van der Waals surface area contributed by atoms with E-state index in [-0.39, 0.29) is 52.4 Å². The Morgan fingerprint density at radius 3 is 2.59 bits per heavy atom. The van der Waals surface area contributed by atoms with Crippen LogP contribution in [0.3, 0.4) is 0 Å². The summed E-state index contributed by atoms with van der Waals surface area (Å²) >= 11 is 0. The maximum atomic E-state index is 13.0. The SMILES string of the molecule is C/C=C(/C)C(=O)OC[C@]1(C)[C@H]2[C@@H]3C=C(C)C[C@]4(O)C(=O)C(C)=C[C@H]4C3[C@H](C)C[C@]21OCC(C)C. The Kier molecular flexibility index (Phi) is 6.30. The second-order valence-corrected chi connectivity index (χ2v) is 12.2. The van der Waals surface area contributed by atoms with Crippen LogP contribution in [0.1, 0.15) is 68.2 Å². The van der Waals surface area contributed by atoms with Gasteiger partial charge in [0.15, 0.2) is 5.78 Å². The lowest BCUT2D eigenvalue weighted by atomic mass is 9.63. The molecule has 0 aromatic heterocycles. The lowest BCUT2D eigenvalue weighted by Crippen LogP contribution is -2.49. The Bertz CT molecular complexity index is 973. The van der Waals surface area contributed by atoms with Gasteiger partial charge in [0.25, 0.3) is 0 Å². The van der Waals surface area contributed by atoms with E-state index in [0.29, 0.717) is 36.7 Å². The third-order valence-corrected chi connectivity index (χ3v) is 9.29. The number of carbonyl (C=O) groups is 2. The van der Waals surface area contributed by atoms with Gasteiger partial charge in [-0.3, -0.25) is 4.79 Å². The molecule has 34 heavy (non-hydrogen) atoms. The van der Waals surface area contributed by atoms with Crippen molar-refractivity contribution in [1.29, 1.82) is 0 Å². The molecule has 1 unspecified atom stereocenters. The molecular formula is C29H42O5. The van der Waals surface area contributed by atoms with E-state index in [9.17, 15) is 14.7 Å². The predicted octanol–water partition coefficient (Wildman–Crippen LogP) is 5.04. The van der Waals surface area contributed by atoms with Gasteiger partial charge in [-0.15, -0.1) is 0 Å². The smallest absolute Gasteiger partial charge is 0.333 e. The van der Waals surface area contributed by atoms with Crippen LogP contribution in [0.2, 0.25) is 0 Å². The Morgan fingerprint density at radius 1 is 1.29 bits per heavy atom. The van der Waals surface area contributed by atoms with Gasteiger partial charge >= 0.3 is 5.97 Å². The fraction of sp³-hybridized carbons (Fsp3) is 0.724. The molecule has 0 spiro atoms. The zero-order valence-corrected chi connectivity index (χ0v) is 22.1. The number of aliphatic hydroxyl groups is 1. The molecule has 0 radical (unpaired) electrons. The van der Waals surface area contributed by atoms with Crippen molar-refractivity contribution in [2.45, 2.75) is 79.4 Å². The third-order valence-electron chi connectivity index (χ3n) is 9.29. The number of hydrogen-bond acceptors (Lipinski definition) is 5. The van der Waals surface area contributed by atoms with E-state index in [1.165, 1.54) is 0 Å². The summed E-state index contributed by atoms with van der Waals surface area (Å²) in [6.45, 7) is 17.2. The first-order valence-electron chi connectivity index (χ1n) is 12.9. The second-order valence-electron chi connectivity index (χ2n) is 12.2. The van der Waals surface area contributed by atoms with Crippen LogP contribution in [-0.4, -0.2) is 41.3 Å². The van der Waals surface area contributed by atoms with E-state index in [1.54, 1.807) is 13.0 Å². The number of esters is 1. The minimum Gasteiger partial charge on any atom is -0.462 e. The molecule has 0 bridgehead atoms. The highest BCUT2D eigenvalue weighted by molar-refractivity contribution is 6.04. The number of allylic oxidation sites excluding steroid dienone is 2. The van der Waals surface area contributed by atoms with Gasteiger partial charge < -0.3 is 14.6 Å². The monoisotopic (exact) mass is 470 g/mol. The van der Waals surface area contributed by atoms with Crippen LogP contribution in [0.15, 0.2) is 34.9 Å². The fourth-order valence-corrected chi connectivity index (χ4v) is 7.58. The van der Waals surface area contributed by atoms with E-state index in [4.69, 9.17) is 9.47 Å². The van der Waals surface area contributed by atoms with Gasteiger partial charge in [0.1, 0.15) is 12.2 Å². The Hall–Kier alpha value is -1.72. The van der Waals surface area contributed by atoms with Crippen LogP contribution in [0, 0.1) is 40.9 Å². The molecule has 1 N–H and O–H groups in total. The molecule has 0 saturated heterocycles. The van der Waals surface area contributed by atoms with Crippen molar-refractivity contribution in [2.24, 2.45) is 40.9 Å². The van der Waals surface area contributed by atoms with Gasteiger partial charge in [0.05, 0.1) is 5.60 Å². The van der Waals surface area contributed by atoms with Crippen molar-refractivity contribution in [1.82, 2.24) is 0 Å². The van der Waals surface area contributed by atoms with Gasteiger partial charge in [-0.1, -0.05) is 51.5 Å². The first-order chi connectivity index (χ1) is 15.8. The molecule has 188 valence electrons. The van der Waals surface area contributed by atoms with Crippen molar-refractivity contribution >= 4 is 11.8 Å². The van der Waals surface area contributed by atoms with E-state index in [1.807, 2.05) is 26.8 Å². The maximum absolute atomic E-state index is 13.0. The van der Waals surface area contributed by atoms with Crippen molar-refractivity contribution in [3.8, 4) is 0 Å². The molecule has 5 heteroatoms. The first-order valence-corrected chi connectivity index (χ1v) is 12.9. The highest BCUT2D eigenvalue weighted by Crippen LogP contribution is 2.76. The quantitative estimate of drug-likeness (QED) is 0.334. The Balaban J connectivity index is 1.73. The molecule has 0 aromatic carbocycles. The molecule has 4 aliphatic carbocycles. The lowest BCUT2D eigenvalue weighted by Gasteiger charge is -2.43. The standard InChI is InChI=1S/C29H42O5/c1-9-18(5)26(31)33-15-27(8)24-21-10-17(4)12-28(32)22(11-19(6)25(28)30)23(21)20(7)13-29(24,27)34-14-16(2)3/h9-11,16,20-24,32H,12-15H2,1-8H3/b18-9-/t20-,21-,22+,23?,24-,27-,28-,29+/m1/s1. The van der Waals surface area contributed by atoms with Gasteiger partial charge in [-0.2, -0.15) is 0 Å². The topological polar surface area (TPSA) is 72.8 Å². The van der Waals surface area contributed by atoms with Crippen molar-refractivity contribution in [3.63, 3.8) is 0 Å². The molecule has 5 nitrogen and oxygen atoms in total. The molecule has 4 aliphatic rings. The highest BCUT2D eigenvalue weighted by atomic mass is 16.5. The molecule has 2 fully saturated rings. The van der Waals surface area contributed by atoms with Crippen molar-refractivity contribution in [2.75, 3.05) is 13.2 Å². The van der Waals surface area contributed by atoms with E-state index in [2.05, 4.69) is 33.8 Å². The molecular weight excluding hydrogens is 428 g/mol. The average molecular weight is 471 g/mol. The number of Topliss-reactive ketones (excluding diaryl/α,β-unsaturated/α-hetero) is 1. The number of ketones is 1. The van der Waals surface area contributed by atoms with Crippen LogP contribution in [0.25, 0.3) is 0 Å². The summed E-state index contributed by atoms with van der Waals surface area (Å²) in [5.74, 6) is 0.496. The zero-order valence-electron chi connectivity index (χ0n) is 22.1. The minimum atomic E-state index is -1.35. The molecule has 2 saturated carbocycles. The van der Waals surface area contributed by atoms with E-state index >= 15 is 0 Å². The van der Waals surface area contributed by atoms with E-state index in [0.717, 1.165) is 12.0 Å². The van der Waals surface area contributed by atoms with Crippen LogP contribution in [0.4, 0.5) is 0 Å². The summed E-state index contributed by atoms with van der Waals surface area (Å²) in [6.07, 6.45) is 7.32. The van der Waals surface area contributed by atoms with Gasteiger partial charge in [-0.05, 0) is 63.4 Å². The average Bonchev–Trinajstić information content (AvgIpc) is 3.25. The maximum Gasteiger partial charge on any atom is 0.333 e. The van der Waals surface area contributed by atoms with Crippen LogP contribution >= 0.6 is 0 Å². The predicted molar refractivity (Wildman–Crippen MR) is 132 cm³/mol. The fourth-order valence-electron chi connectivity index (χ4n) is 7.58. The number of rotatable bonds is 6. The van der Waals surface area contributed by atoms with Crippen LogP contribution in [0.5, 0.6) is 0 Å². The molecule has 0 aromatic rings. The summed E-state index contributed by atoms with van der Waals surface area (Å²) in [7, 11) is 0. The Morgan fingerprint density at radius 2 is 1.97 bits per heavy atom. The molecule has 0 amide bonds. The summed E-state index contributed by atoms with van der Waals surface area (Å²) in [6, 6.07) is 0. The summed E-state index contributed by atoms with van der Waals surface area (Å²) in [4.78, 5) is 25.6. The number of carbonyl (C=O) groups excluding carboxylic acids is 2. The molecule has 0 aliphatic heterocycles. The molecule has 4 rings (SSSR count). The lowest BCUT2D eigenvalue weighted by molar-refractivity contribution is -0.142. The molecule has 0 heterocycles. The second kappa shape index (κ2) is 8.44. The first kappa shape index (κ1) is 25.4. The number of hydrogen-bond donors (Lipinski definition) is 1. The number of ether oxygens (including phenoxy) is 2. The molecule has 8 atom stereocenters. The number of fused-ring (bicyclic) bond motifs is 5. The largest absolute Gasteiger partial charge is 0.462 e. The minimum absolute atomic E-state index is 0.125.